The average molecular weight is 349 g/mol. The Morgan fingerprint density at radius 2 is 1.30 bits per heavy atom. The largest absolute Gasteiger partial charge is 0.460 e. The van der Waals surface area contributed by atoms with E-state index in [9.17, 15) is 44.6 Å². The Bertz CT molecular complexity index is 645. The molecule has 1 aromatic carbocycles. The molecule has 1 aliphatic rings. The average Bonchev–Trinajstić information content (AvgIpc) is 2.75. The van der Waals surface area contributed by atoms with Crippen molar-refractivity contribution in [3.05, 3.63) is 41.0 Å². The van der Waals surface area contributed by atoms with Gasteiger partial charge in [-0.15, -0.1) is 0 Å². The molecule has 0 saturated heterocycles. The second kappa shape index (κ2) is 4.89. The van der Waals surface area contributed by atoms with Crippen molar-refractivity contribution in [3.63, 3.8) is 0 Å². The van der Waals surface area contributed by atoms with Gasteiger partial charge in [0, 0.05) is 5.57 Å². The summed E-state index contributed by atoms with van der Waals surface area (Å²) in [6.45, 7) is 0. The van der Waals surface area contributed by atoms with Gasteiger partial charge < -0.3 is 0 Å². The lowest BCUT2D eigenvalue weighted by atomic mass is 9.93. The predicted octanol–water partition coefficient (Wildman–Crippen LogP) is 5.02. The Kier molecular flexibility index (Phi) is 3.75. The number of hydrogen-bond acceptors (Lipinski definition) is 0. The number of fused-ring (bicyclic) bond motifs is 1. The van der Waals surface area contributed by atoms with Gasteiger partial charge in [-0.1, -0.05) is 24.3 Å². The van der Waals surface area contributed by atoms with E-state index in [0.717, 1.165) is 12.1 Å². The summed E-state index contributed by atoms with van der Waals surface area (Å²) in [5, 5.41) is 11.7. The van der Waals surface area contributed by atoms with E-state index in [0.29, 0.717) is 0 Å². The summed E-state index contributed by atoms with van der Waals surface area (Å²) in [6.07, 6.45) is -9.37. The van der Waals surface area contributed by atoms with E-state index in [2.05, 4.69) is 0 Å². The van der Waals surface area contributed by atoms with Crippen LogP contribution >= 0.6 is 0 Å². The van der Waals surface area contributed by atoms with Crippen molar-refractivity contribution in [2.24, 2.45) is 0 Å². The first-order chi connectivity index (χ1) is 10.2. The third kappa shape index (κ3) is 2.30. The molecule has 0 spiro atoms. The molecule has 0 bridgehead atoms. The molecule has 1 nitrogen and oxygen atoms in total. The monoisotopic (exact) mass is 349 g/mol. The molecule has 0 saturated carbocycles. The lowest BCUT2D eigenvalue weighted by Gasteiger charge is -2.34. The predicted molar refractivity (Wildman–Crippen MR) is 58.7 cm³/mol. The second-order valence-corrected chi connectivity index (χ2v) is 4.83. The van der Waals surface area contributed by atoms with Crippen LogP contribution in [-0.2, 0) is 5.11 Å². The zero-order chi connectivity index (χ0) is 17.8. The molecule has 1 unspecified atom stereocenters. The quantitative estimate of drug-likeness (QED) is 0.683. The van der Waals surface area contributed by atoms with E-state index >= 15 is 0 Å². The Labute approximate surface area is 123 Å². The van der Waals surface area contributed by atoms with Crippen LogP contribution in [0.4, 0.5) is 39.5 Å². The van der Waals surface area contributed by atoms with Gasteiger partial charge in [-0.3, -0.25) is 0 Å². The van der Waals surface area contributed by atoms with Crippen LogP contribution in [0.2, 0.25) is 0 Å². The number of halogens is 9. The van der Waals surface area contributed by atoms with Crippen molar-refractivity contribution in [2.75, 3.05) is 0 Å². The lowest BCUT2D eigenvalue weighted by molar-refractivity contribution is -0.390. The second-order valence-electron chi connectivity index (χ2n) is 4.83. The molecule has 0 aromatic heterocycles. The van der Waals surface area contributed by atoms with E-state index in [1.165, 1.54) is 12.1 Å². The zero-order valence-corrected chi connectivity index (χ0v) is 10.8. The maximum absolute atomic E-state index is 13.7. The highest BCUT2D eigenvalue weighted by Crippen LogP contribution is 2.58. The van der Waals surface area contributed by atoms with E-state index in [1.54, 1.807) is 0 Å². The fourth-order valence-corrected chi connectivity index (χ4v) is 2.10. The molecule has 0 aliphatic heterocycles. The van der Waals surface area contributed by atoms with E-state index < -0.39 is 41.2 Å². The van der Waals surface area contributed by atoms with Gasteiger partial charge in [0.2, 0.25) is 0 Å². The number of rotatable bonds is 3. The first-order valence-electron chi connectivity index (χ1n) is 5.92. The van der Waals surface area contributed by atoms with Gasteiger partial charge in [0.1, 0.15) is 6.10 Å². The van der Waals surface area contributed by atoms with Gasteiger partial charge >= 0.3 is 23.9 Å². The number of hydrogen-bond donors (Lipinski definition) is 0. The summed E-state index contributed by atoms with van der Waals surface area (Å²) < 4.78 is 116. The molecular weight excluding hydrogens is 343 g/mol. The van der Waals surface area contributed by atoms with Gasteiger partial charge in [-0.2, -0.15) is 39.5 Å². The van der Waals surface area contributed by atoms with Crippen LogP contribution in [0.1, 0.15) is 17.2 Å². The standard InChI is InChI=1S/C13H6F9O/c14-10(15,11(16,17)12(18,19)13(20,21)22)8-5-6-3-1-2-4-7(6)9(8)23/h1-5,9H. The van der Waals surface area contributed by atoms with Gasteiger partial charge in [0.15, 0.2) is 0 Å². The van der Waals surface area contributed by atoms with Gasteiger partial charge in [-0.25, -0.2) is 5.11 Å². The molecular formula is C13H6F9O. The maximum Gasteiger partial charge on any atom is 0.460 e. The molecule has 0 amide bonds. The fraction of sp³-hybridized carbons (Fsp3) is 0.385. The molecule has 1 aliphatic carbocycles. The van der Waals surface area contributed by atoms with Crippen LogP contribution in [0.15, 0.2) is 29.8 Å². The topological polar surface area (TPSA) is 19.9 Å². The molecule has 0 N–H and O–H groups in total. The highest BCUT2D eigenvalue weighted by atomic mass is 19.4. The van der Waals surface area contributed by atoms with E-state index in [4.69, 9.17) is 0 Å². The van der Waals surface area contributed by atoms with Crippen molar-refractivity contribution in [1.29, 1.82) is 0 Å². The number of benzene rings is 1. The number of alkyl halides is 9. The summed E-state index contributed by atoms with van der Waals surface area (Å²) in [7, 11) is 0. The maximum atomic E-state index is 13.7. The highest BCUT2D eigenvalue weighted by Gasteiger charge is 2.82. The van der Waals surface area contributed by atoms with Crippen LogP contribution in [0.5, 0.6) is 0 Å². The molecule has 1 aromatic rings. The Morgan fingerprint density at radius 1 is 0.783 bits per heavy atom. The zero-order valence-electron chi connectivity index (χ0n) is 10.8. The van der Waals surface area contributed by atoms with Crippen LogP contribution < -0.4 is 0 Å². The minimum atomic E-state index is -7.02. The smallest absolute Gasteiger partial charge is 0.223 e. The normalized spacial score (nSPS) is 19.6. The minimum absolute atomic E-state index is 0.216. The van der Waals surface area contributed by atoms with Gasteiger partial charge in [-0.05, 0) is 17.2 Å². The molecule has 10 heteroatoms. The Balaban J connectivity index is 2.51. The van der Waals surface area contributed by atoms with Gasteiger partial charge in [0.25, 0.3) is 0 Å². The summed E-state index contributed by atoms with van der Waals surface area (Å²) >= 11 is 0. The molecule has 127 valence electrons. The van der Waals surface area contributed by atoms with Crippen molar-refractivity contribution < 1.29 is 44.6 Å². The molecule has 0 heterocycles. The van der Waals surface area contributed by atoms with Crippen molar-refractivity contribution in [1.82, 2.24) is 0 Å². The van der Waals surface area contributed by atoms with Crippen molar-refractivity contribution in [2.45, 2.75) is 30.0 Å². The van der Waals surface area contributed by atoms with Crippen molar-refractivity contribution in [3.8, 4) is 0 Å². The highest BCUT2D eigenvalue weighted by molar-refractivity contribution is 5.67. The first kappa shape index (κ1) is 17.6. The fourth-order valence-electron chi connectivity index (χ4n) is 2.10. The van der Waals surface area contributed by atoms with E-state index in [1.807, 2.05) is 0 Å². The first-order valence-corrected chi connectivity index (χ1v) is 5.92. The van der Waals surface area contributed by atoms with Crippen LogP contribution in [0.25, 0.3) is 6.08 Å². The van der Waals surface area contributed by atoms with Crippen LogP contribution in [0.3, 0.4) is 0 Å². The van der Waals surface area contributed by atoms with E-state index in [-0.39, 0.29) is 11.6 Å². The Morgan fingerprint density at radius 3 is 1.78 bits per heavy atom. The summed E-state index contributed by atoms with van der Waals surface area (Å²) in [5.74, 6) is -19.8. The summed E-state index contributed by atoms with van der Waals surface area (Å²) in [4.78, 5) is 0. The summed E-state index contributed by atoms with van der Waals surface area (Å²) in [5.41, 5.74) is -2.69. The minimum Gasteiger partial charge on any atom is -0.223 e. The molecule has 2 rings (SSSR count). The van der Waals surface area contributed by atoms with Crippen molar-refractivity contribution >= 4 is 6.08 Å². The summed E-state index contributed by atoms with van der Waals surface area (Å²) in [6, 6.07) is 4.53. The van der Waals surface area contributed by atoms with Gasteiger partial charge in [0.05, 0.1) is 0 Å². The molecule has 23 heavy (non-hydrogen) atoms. The lowest BCUT2D eigenvalue weighted by Crippen LogP contribution is -2.61. The van der Waals surface area contributed by atoms with Crippen LogP contribution in [0, 0.1) is 0 Å². The molecule has 0 fully saturated rings. The third-order valence-electron chi connectivity index (χ3n) is 3.38. The Hall–Kier alpha value is -1.71. The third-order valence-corrected chi connectivity index (χ3v) is 3.38. The van der Waals surface area contributed by atoms with Crippen LogP contribution in [-0.4, -0.2) is 23.9 Å². The molecule has 1 atom stereocenters. The SMILES string of the molecule is [O]C1C(C(F)(F)C(F)(F)C(F)(F)C(F)(F)F)=Cc2ccccc21. The molecule has 1 radical (unpaired) electrons.